The Morgan fingerprint density at radius 1 is 0.941 bits per heavy atom. The maximum Gasteiger partial charge on any atom is 0.158 e. The molecule has 17 heavy (non-hydrogen) atoms. The van der Waals surface area contributed by atoms with Gasteiger partial charge in [-0.2, -0.15) is 0 Å². The topological polar surface area (TPSA) is 18.5 Å². The normalized spacial score (nSPS) is 24.4. The summed E-state index contributed by atoms with van der Waals surface area (Å²) in [7, 11) is 0. The highest BCUT2D eigenvalue weighted by Crippen LogP contribution is 2.24. The van der Waals surface area contributed by atoms with Gasteiger partial charge in [-0.25, -0.2) is 0 Å². The minimum atomic E-state index is 0.100. The van der Waals surface area contributed by atoms with Crippen LogP contribution >= 0.6 is 0 Å². The van der Waals surface area contributed by atoms with E-state index in [1.54, 1.807) is 0 Å². The number of rotatable bonds is 10. The third-order valence-electron chi connectivity index (χ3n) is 3.50. The SMILES string of the molecule is CCCCCCO[C@H]1CC[C@@H](CCCCC)O1. The summed E-state index contributed by atoms with van der Waals surface area (Å²) in [6, 6.07) is 0. The summed E-state index contributed by atoms with van der Waals surface area (Å²) in [6.45, 7) is 5.37. The van der Waals surface area contributed by atoms with Gasteiger partial charge in [-0.15, -0.1) is 0 Å². The first-order valence-corrected chi connectivity index (χ1v) is 7.63. The van der Waals surface area contributed by atoms with E-state index in [0.29, 0.717) is 6.10 Å². The fraction of sp³-hybridized carbons (Fsp3) is 1.00. The van der Waals surface area contributed by atoms with E-state index in [4.69, 9.17) is 9.47 Å². The van der Waals surface area contributed by atoms with Gasteiger partial charge in [-0.05, 0) is 19.3 Å². The molecule has 1 fully saturated rings. The molecule has 2 atom stereocenters. The largest absolute Gasteiger partial charge is 0.353 e. The van der Waals surface area contributed by atoms with Crippen molar-refractivity contribution in [2.45, 2.75) is 90.4 Å². The van der Waals surface area contributed by atoms with E-state index in [0.717, 1.165) is 13.0 Å². The Kier molecular flexibility index (Phi) is 8.72. The van der Waals surface area contributed by atoms with Gasteiger partial charge in [0, 0.05) is 13.0 Å². The third kappa shape index (κ3) is 7.05. The third-order valence-corrected chi connectivity index (χ3v) is 3.50. The first kappa shape index (κ1) is 15.0. The van der Waals surface area contributed by atoms with Crippen LogP contribution in [0.3, 0.4) is 0 Å². The van der Waals surface area contributed by atoms with Crippen molar-refractivity contribution in [3.05, 3.63) is 0 Å². The number of unbranched alkanes of at least 4 members (excludes halogenated alkanes) is 5. The molecular weight excluding hydrogens is 212 g/mol. The van der Waals surface area contributed by atoms with Crippen molar-refractivity contribution in [2.24, 2.45) is 0 Å². The highest BCUT2D eigenvalue weighted by Gasteiger charge is 2.24. The van der Waals surface area contributed by atoms with Crippen molar-refractivity contribution in [3.63, 3.8) is 0 Å². The summed E-state index contributed by atoms with van der Waals surface area (Å²) < 4.78 is 11.7. The maximum atomic E-state index is 5.89. The summed E-state index contributed by atoms with van der Waals surface area (Å²) in [5, 5.41) is 0. The highest BCUT2D eigenvalue weighted by atomic mass is 16.7. The van der Waals surface area contributed by atoms with Crippen molar-refractivity contribution in [3.8, 4) is 0 Å². The van der Waals surface area contributed by atoms with Crippen LogP contribution in [0.25, 0.3) is 0 Å². The van der Waals surface area contributed by atoms with Crippen LogP contribution in [0.2, 0.25) is 0 Å². The Bertz CT molecular complexity index is 170. The van der Waals surface area contributed by atoms with Crippen molar-refractivity contribution in [1.82, 2.24) is 0 Å². The van der Waals surface area contributed by atoms with Gasteiger partial charge in [0.25, 0.3) is 0 Å². The summed E-state index contributed by atoms with van der Waals surface area (Å²) in [6.07, 6.45) is 13.1. The van der Waals surface area contributed by atoms with Crippen molar-refractivity contribution in [2.75, 3.05) is 6.61 Å². The van der Waals surface area contributed by atoms with E-state index >= 15 is 0 Å². The lowest BCUT2D eigenvalue weighted by Crippen LogP contribution is -2.15. The molecule has 0 amide bonds. The average molecular weight is 242 g/mol. The average Bonchev–Trinajstić information content (AvgIpc) is 2.77. The molecule has 0 saturated carbocycles. The molecular formula is C15H30O2. The van der Waals surface area contributed by atoms with Crippen molar-refractivity contribution in [1.29, 1.82) is 0 Å². The Labute approximate surface area is 107 Å². The highest BCUT2D eigenvalue weighted by molar-refractivity contribution is 4.68. The monoisotopic (exact) mass is 242 g/mol. The summed E-state index contributed by atoms with van der Waals surface area (Å²) in [5.74, 6) is 0. The van der Waals surface area contributed by atoms with Crippen LogP contribution in [0.1, 0.15) is 78.1 Å². The molecule has 1 aliphatic rings. The minimum Gasteiger partial charge on any atom is -0.353 e. The Morgan fingerprint density at radius 3 is 2.47 bits per heavy atom. The van der Waals surface area contributed by atoms with Gasteiger partial charge in [0.05, 0.1) is 6.10 Å². The fourth-order valence-electron chi connectivity index (χ4n) is 2.37. The zero-order valence-electron chi connectivity index (χ0n) is 11.7. The lowest BCUT2D eigenvalue weighted by atomic mass is 10.1. The quantitative estimate of drug-likeness (QED) is 0.518. The molecule has 0 radical (unpaired) electrons. The second-order valence-electron chi connectivity index (χ2n) is 5.19. The van der Waals surface area contributed by atoms with E-state index in [1.807, 2.05) is 0 Å². The van der Waals surface area contributed by atoms with Gasteiger partial charge < -0.3 is 9.47 Å². The molecule has 0 aromatic carbocycles. The van der Waals surface area contributed by atoms with Crippen LogP contribution in [0.5, 0.6) is 0 Å². The Hall–Kier alpha value is -0.0800. The molecule has 0 spiro atoms. The Morgan fingerprint density at radius 2 is 1.71 bits per heavy atom. The molecule has 1 aliphatic heterocycles. The van der Waals surface area contributed by atoms with Crippen molar-refractivity contribution < 1.29 is 9.47 Å². The molecule has 1 saturated heterocycles. The lowest BCUT2D eigenvalue weighted by molar-refractivity contribution is -0.135. The van der Waals surface area contributed by atoms with Gasteiger partial charge in [-0.3, -0.25) is 0 Å². The molecule has 0 aliphatic carbocycles. The van der Waals surface area contributed by atoms with E-state index in [2.05, 4.69) is 13.8 Å². The van der Waals surface area contributed by atoms with Crippen molar-refractivity contribution >= 4 is 0 Å². The van der Waals surface area contributed by atoms with Crippen LogP contribution < -0.4 is 0 Å². The Balaban J connectivity index is 1.94. The zero-order chi connectivity index (χ0) is 12.3. The second-order valence-corrected chi connectivity index (χ2v) is 5.19. The molecule has 2 heteroatoms. The summed E-state index contributed by atoms with van der Waals surface area (Å²) >= 11 is 0. The maximum absolute atomic E-state index is 5.89. The van der Waals surface area contributed by atoms with Gasteiger partial charge in [0.1, 0.15) is 0 Å². The number of hydrogen-bond acceptors (Lipinski definition) is 2. The molecule has 0 unspecified atom stereocenters. The van der Waals surface area contributed by atoms with E-state index in [1.165, 1.54) is 57.8 Å². The second kappa shape index (κ2) is 9.90. The van der Waals surface area contributed by atoms with Gasteiger partial charge in [0.15, 0.2) is 6.29 Å². The zero-order valence-corrected chi connectivity index (χ0v) is 11.7. The van der Waals surface area contributed by atoms with Crippen LogP contribution in [0.4, 0.5) is 0 Å². The molecule has 0 bridgehead atoms. The standard InChI is InChI=1S/C15H30O2/c1-3-5-7-9-13-16-15-12-11-14(17-15)10-8-6-4-2/h14-15H,3-13H2,1-2H3/t14-,15-/m1/s1. The molecule has 2 nitrogen and oxygen atoms in total. The summed E-state index contributed by atoms with van der Waals surface area (Å²) in [5.41, 5.74) is 0. The smallest absolute Gasteiger partial charge is 0.158 e. The van der Waals surface area contributed by atoms with Crippen LogP contribution in [-0.2, 0) is 9.47 Å². The molecule has 1 heterocycles. The van der Waals surface area contributed by atoms with Gasteiger partial charge in [0.2, 0.25) is 0 Å². The number of hydrogen-bond donors (Lipinski definition) is 0. The van der Waals surface area contributed by atoms with Crippen LogP contribution in [-0.4, -0.2) is 19.0 Å². The molecule has 0 aromatic heterocycles. The van der Waals surface area contributed by atoms with Crippen LogP contribution in [0, 0.1) is 0 Å². The van der Waals surface area contributed by atoms with Gasteiger partial charge in [-0.1, -0.05) is 52.4 Å². The fourth-order valence-corrected chi connectivity index (χ4v) is 2.37. The molecule has 1 rings (SSSR count). The predicted octanol–water partition coefficient (Wildman–Crippen LogP) is 4.67. The minimum absolute atomic E-state index is 0.100. The van der Waals surface area contributed by atoms with E-state index < -0.39 is 0 Å². The predicted molar refractivity (Wildman–Crippen MR) is 72.1 cm³/mol. The van der Waals surface area contributed by atoms with E-state index in [9.17, 15) is 0 Å². The first-order valence-electron chi connectivity index (χ1n) is 7.63. The van der Waals surface area contributed by atoms with Gasteiger partial charge >= 0.3 is 0 Å². The van der Waals surface area contributed by atoms with Crippen LogP contribution in [0.15, 0.2) is 0 Å². The number of ether oxygens (including phenoxy) is 2. The first-order chi connectivity index (χ1) is 8.36. The molecule has 102 valence electrons. The van der Waals surface area contributed by atoms with E-state index in [-0.39, 0.29) is 6.29 Å². The molecule has 0 aromatic rings. The molecule has 0 N–H and O–H groups in total. The summed E-state index contributed by atoms with van der Waals surface area (Å²) in [4.78, 5) is 0. The lowest BCUT2D eigenvalue weighted by Gasteiger charge is -2.14.